The van der Waals surface area contributed by atoms with Gasteiger partial charge in [0.2, 0.25) is 5.82 Å². The average Bonchev–Trinajstić information content (AvgIpc) is 2.77. The van der Waals surface area contributed by atoms with E-state index in [0.717, 1.165) is 5.82 Å². The first-order valence-corrected chi connectivity index (χ1v) is 6.21. The first kappa shape index (κ1) is 13.0. The van der Waals surface area contributed by atoms with Crippen LogP contribution in [0.3, 0.4) is 0 Å². The summed E-state index contributed by atoms with van der Waals surface area (Å²) in [6, 6.07) is 0. The van der Waals surface area contributed by atoms with Crippen molar-refractivity contribution in [2.75, 3.05) is 19.7 Å². The Kier molecular flexibility index (Phi) is 3.38. The predicted octanol–water partition coefficient (Wildman–Crippen LogP) is 0.963. The zero-order valence-electron chi connectivity index (χ0n) is 11.4. The summed E-state index contributed by atoms with van der Waals surface area (Å²) in [4.78, 5) is 18.2. The Bertz CT molecular complexity index is 436. The third kappa shape index (κ3) is 2.69. The van der Waals surface area contributed by atoms with Crippen molar-refractivity contribution >= 4 is 5.91 Å². The van der Waals surface area contributed by atoms with E-state index in [1.54, 1.807) is 4.90 Å². The molecule has 0 radical (unpaired) electrons. The van der Waals surface area contributed by atoms with Gasteiger partial charge in [-0.05, 0) is 6.92 Å². The molecular formula is C12H20N4O2. The van der Waals surface area contributed by atoms with Crippen LogP contribution in [0.1, 0.15) is 44.1 Å². The number of aromatic amines is 1. The minimum atomic E-state index is -0.135. The van der Waals surface area contributed by atoms with Gasteiger partial charge in [-0.3, -0.25) is 9.89 Å². The fraction of sp³-hybridized carbons (Fsp3) is 0.750. The number of hydrogen-bond acceptors (Lipinski definition) is 4. The number of morpholine rings is 1. The maximum atomic E-state index is 12.2. The molecule has 1 unspecified atom stereocenters. The van der Waals surface area contributed by atoms with E-state index in [2.05, 4.69) is 15.2 Å². The summed E-state index contributed by atoms with van der Waals surface area (Å²) in [6.07, 6.45) is 0.0729. The molecule has 0 saturated carbocycles. The van der Waals surface area contributed by atoms with Gasteiger partial charge in [-0.15, -0.1) is 5.10 Å². The number of hydrogen-bond donors (Lipinski definition) is 1. The molecule has 6 heteroatoms. The van der Waals surface area contributed by atoms with Crippen LogP contribution in [0.15, 0.2) is 0 Å². The van der Waals surface area contributed by atoms with Gasteiger partial charge in [0.15, 0.2) is 0 Å². The van der Waals surface area contributed by atoms with Crippen LogP contribution in [-0.4, -0.2) is 51.8 Å². The number of H-pyrrole nitrogens is 1. The molecule has 18 heavy (non-hydrogen) atoms. The molecule has 0 aliphatic carbocycles. The van der Waals surface area contributed by atoms with Crippen molar-refractivity contribution in [2.24, 2.45) is 0 Å². The summed E-state index contributed by atoms with van der Waals surface area (Å²) in [5.74, 6) is 0.845. The van der Waals surface area contributed by atoms with Crippen LogP contribution in [-0.2, 0) is 10.2 Å². The van der Waals surface area contributed by atoms with E-state index in [1.165, 1.54) is 0 Å². The zero-order chi connectivity index (χ0) is 13.3. The van der Waals surface area contributed by atoms with Crippen LogP contribution in [0, 0.1) is 0 Å². The number of carbonyl (C=O) groups is 1. The number of amides is 1. The third-order valence-corrected chi connectivity index (χ3v) is 2.92. The number of nitrogens with zero attached hydrogens (tertiary/aromatic N) is 3. The van der Waals surface area contributed by atoms with Crippen LogP contribution >= 0.6 is 0 Å². The summed E-state index contributed by atoms with van der Waals surface area (Å²) in [5, 5.41) is 6.85. The Balaban J connectivity index is 2.11. The zero-order valence-corrected chi connectivity index (χ0v) is 11.4. The van der Waals surface area contributed by atoms with Crippen molar-refractivity contribution < 1.29 is 9.53 Å². The highest BCUT2D eigenvalue weighted by Crippen LogP contribution is 2.18. The predicted molar refractivity (Wildman–Crippen MR) is 66.4 cm³/mol. The third-order valence-electron chi connectivity index (χ3n) is 2.92. The Morgan fingerprint density at radius 2 is 2.22 bits per heavy atom. The molecule has 1 aliphatic heterocycles. The van der Waals surface area contributed by atoms with Gasteiger partial charge < -0.3 is 9.64 Å². The highest BCUT2D eigenvalue weighted by atomic mass is 16.5. The molecule has 0 bridgehead atoms. The second kappa shape index (κ2) is 4.68. The van der Waals surface area contributed by atoms with E-state index < -0.39 is 0 Å². The fourth-order valence-electron chi connectivity index (χ4n) is 1.84. The van der Waals surface area contributed by atoms with Crippen molar-refractivity contribution in [3.05, 3.63) is 11.6 Å². The van der Waals surface area contributed by atoms with Crippen molar-refractivity contribution in [1.82, 2.24) is 20.1 Å². The molecular weight excluding hydrogens is 232 g/mol. The standard InChI is InChI=1S/C12H20N4O2/c1-8-7-16(5-6-18-8)10(17)9-13-11(15-14-9)12(2,3)4/h8H,5-7H2,1-4H3,(H,13,14,15). The van der Waals surface area contributed by atoms with Crippen LogP contribution in [0.2, 0.25) is 0 Å². The first-order valence-electron chi connectivity index (χ1n) is 6.21. The minimum absolute atomic E-state index is 0.0729. The van der Waals surface area contributed by atoms with Gasteiger partial charge in [-0.1, -0.05) is 20.8 Å². The number of aromatic nitrogens is 3. The van der Waals surface area contributed by atoms with Gasteiger partial charge >= 0.3 is 0 Å². The lowest BCUT2D eigenvalue weighted by atomic mass is 9.96. The highest BCUT2D eigenvalue weighted by Gasteiger charge is 2.27. The lowest BCUT2D eigenvalue weighted by molar-refractivity contribution is -0.0128. The van der Waals surface area contributed by atoms with Crippen molar-refractivity contribution in [1.29, 1.82) is 0 Å². The monoisotopic (exact) mass is 252 g/mol. The van der Waals surface area contributed by atoms with Crippen molar-refractivity contribution in [2.45, 2.75) is 39.2 Å². The molecule has 1 aromatic rings. The van der Waals surface area contributed by atoms with E-state index in [-0.39, 0.29) is 23.3 Å². The summed E-state index contributed by atoms with van der Waals surface area (Å²) < 4.78 is 5.41. The van der Waals surface area contributed by atoms with Crippen LogP contribution in [0.5, 0.6) is 0 Å². The lowest BCUT2D eigenvalue weighted by Crippen LogP contribution is -2.44. The maximum absolute atomic E-state index is 12.2. The smallest absolute Gasteiger partial charge is 0.293 e. The topological polar surface area (TPSA) is 71.1 Å². The Morgan fingerprint density at radius 3 is 2.78 bits per heavy atom. The molecule has 0 spiro atoms. The normalized spacial score (nSPS) is 21.1. The second-order valence-electron chi connectivity index (χ2n) is 5.69. The van der Waals surface area contributed by atoms with E-state index >= 15 is 0 Å². The molecule has 1 atom stereocenters. The Morgan fingerprint density at radius 1 is 1.50 bits per heavy atom. The minimum Gasteiger partial charge on any atom is -0.375 e. The molecule has 2 heterocycles. The van der Waals surface area contributed by atoms with Crippen molar-refractivity contribution in [3.8, 4) is 0 Å². The van der Waals surface area contributed by atoms with E-state index in [9.17, 15) is 4.79 Å². The maximum Gasteiger partial charge on any atom is 0.293 e. The average molecular weight is 252 g/mol. The summed E-state index contributed by atoms with van der Waals surface area (Å²) in [6.45, 7) is 9.80. The molecule has 1 N–H and O–H groups in total. The van der Waals surface area contributed by atoms with Crippen LogP contribution in [0.25, 0.3) is 0 Å². The highest BCUT2D eigenvalue weighted by molar-refractivity contribution is 5.90. The van der Waals surface area contributed by atoms with E-state index in [1.807, 2.05) is 27.7 Å². The first-order chi connectivity index (χ1) is 8.38. The van der Waals surface area contributed by atoms with Gasteiger partial charge in [0.1, 0.15) is 5.82 Å². The van der Waals surface area contributed by atoms with Gasteiger partial charge in [-0.25, -0.2) is 4.98 Å². The SMILES string of the molecule is CC1CN(C(=O)c2n[nH]c(C(C)(C)C)n2)CCO1. The molecule has 1 saturated heterocycles. The van der Waals surface area contributed by atoms with E-state index in [0.29, 0.717) is 19.7 Å². The molecule has 1 fully saturated rings. The fourth-order valence-corrected chi connectivity index (χ4v) is 1.84. The molecule has 6 nitrogen and oxygen atoms in total. The quantitative estimate of drug-likeness (QED) is 0.808. The number of rotatable bonds is 1. The number of carbonyl (C=O) groups excluding carboxylic acids is 1. The largest absolute Gasteiger partial charge is 0.375 e. The second-order valence-corrected chi connectivity index (χ2v) is 5.69. The molecule has 1 aromatic heterocycles. The molecule has 1 aliphatic rings. The summed E-state index contributed by atoms with van der Waals surface area (Å²) in [5.41, 5.74) is -0.135. The van der Waals surface area contributed by atoms with Crippen LogP contribution in [0.4, 0.5) is 0 Å². The molecule has 0 aromatic carbocycles. The molecule has 100 valence electrons. The van der Waals surface area contributed by atoms with Gasteiger partial charge in [0.25, 0.3) is 5.91 Å². The number of nitrogens with one attached hydrogen (secondary N) is 1. The van der Waals surface area contributed by atoms with Gasteiger partial charge in [0, 0.05) is 18.5 Å². The summed E-state index contributed by atoms with van der Waals surface area (Å²) >= 11 is 0. The van der Waals surface area contributed by atoms with Gasteiger partial charge in [-0.2, -0.15) is 0 Å². The Labute approximate surface area is 107 Å². The summed E-state index contributed by atoms with van der Waals surface area (Å²) in [7, 11) is 0. The van der Waals surface area contributed by atoms with Crippen molar-refractivity contribution in [3.63, 3.8) is 0 Å². The number of ether oxygens (including phenoxy) is 1. The van der Waals surface area contributed by atoms with Gasteiger partial charge in [0.05, 0.1) is 12.7 Å². The Hall–Kier alpha value is -1.43. The van der Waals surface area contributed by atoms with E-state index in [4.69, 9.17) is 4.74 Å². The lowest BCUT2D eigenvalue weighted by Gasteiger charge is -2.30. The molecule has 1 amide bonds. The molecule has 2 rings (SSSR count). The van der Waals surface area contributed by atoms with Crippen LogP contribution < -0.4 is 0 Å².